The summed E-state index contributed by atoms with van der Waals surface area (Å²) in [6, 6.07) is 0. The molecule has 0 aliphatic heterocycles. The third-order valence-corrected chi connectivity index (χ3v) is 12.0. The Hall–Kier alpha value is -1.09. The Balaban J connectivity index is 1.58. The molecular formula is C30H48O3. The van der Waals surface area contributed by atoms with E-state index >= 15 is 0 Å². The van der Waals surface area contributed by atoms with Crippen LogP contribution in [0.2, 0.25) is 0 Å². The van der Waals surface area contributed by atoms with Gasteiger partial charge in [-0.2, -0.15) is 0 Å². The van der Waals surface area contributed by atoms with Crippen molar-refractivity contribution in [2.45, 2.75) is 112 Å². The quantitative estimate of drug-likeness (QED) is 0.335. The number of fused-ring (bicyclic) bond motifs is 5. The highest BCUT2D eigenvalue weighted by Crippen LogP contribution is 2.73. The standard InChI is InChI=1S/C30H48O3/c1-19(9-8-10-20(2)26(32)33)21-13-17-30(7)23-11-12-24-27(3,4)25(31)15-16-28(24,5)22(23)14-18-29(21,30)6/h10-11,19,21-22,24-25,31H,8-9,12-18H2,1-7H3,(H,32,33)/b20-10-/t19-,21-,22-,24-,25-,28+,29-,30+/m0/s1. The van der Waals surface area contributed by atoms with Crippen molar-refractivity contribution < 1.29 is 15.0 Å². The summed E-state index contributed by atoms with van der Waals surface area (Å²) in [7, 11) is 0. The molecule has 3 fully saturated rings. The minimum absolute atomic E-state index is 0.00892. The number of aliphatic hydroxyl groups excluding tert-OH is 1. The van der Waals surface area contributed by atoms with Crippen LogP contribution in [0.25, 0.3) is 0 Å². The van der Waals surface area contributed by atoms with Gasteiger partial charge in [0, 0.05) is 5.57 Å². The molecule has 0 heterocycles. The number of hydrogen-bond donors (Lipinski definition) is 2. The maximum Gasteiger partial charge on any atom is 0.330 e. The van der Waals surface area contributed by atoms with Gasteiger partial charge in [0.2, 0.25) is 0 Å². The maximum absolute atomic E-state index is 11.1. The van der Waals surface area contributed by atoms with Crippen molar-refractivity contribution >= 4 is 5.97 Å². The van der Waals surface area contributed by atoms with Crippen molar-refractivity contribution in [1.29, 1.82) is 0 Å². The molecule has 0 unspecified atom stereocenters. The second kappa shape index (κ2) is 8.25. The van der Waals surface area contributed by atoms with Gasteiger partial charge in [-0.25, -0.2) is 4.79 Å². The Morgan fingerprint density at radius 2 is 1.82 bits per heavy atom. The Morgan fingerprint density at radius 1 is 1.12 bits per heavy atom. The summed E-state index contributed by atoms with van der Waals surface area (Å²) in [6.07, 6.45) is 14.7. The Labute approximate surface area is 202 Å². The van der Waals surface area contributed by atoms with Crippen LogP contribution < -0.4 is 0 Å². The lowest BCUT2D eigenvalue weighted by Gasteiger charge is -2.64. The first-order valence-corrected chi connectivity index (χ1v) is 13.6. The van der Waals surface area contributed by atoms with Gasteiger partial charge in [-0.05, 0) is 110 Å². The molecule has 4 aliphatic rings. The molecule has 3 heteroatoms. The molecule has 3 saturated carbocycles. The van der Waals surface area contributed by atoms with Crippen LogP contribution in [0.15, 0.2) is 23.3 Å². The molecule has 4 aliphatic carbocycles. The van der Waals surface area contributed by atoms with E-state index in [9.17, 15) is 9.90 Å². The van der Waals surface area contributed by atoms with Gasteiger partial charge in [-0.3, -0.25) is 0 Å². The highest BCUT2D eigenvalue weighted by atomic mass is 16.4. The van der Waals surface area contributed by atoms with Gasteiger partial charge in [0.05, 0.1) is 6.10 Å². The van der Waals surface area contributed by atoms with Crippen LogP contribution in [0.1, 0.15) is 106 Å². The number of rotatable bonds is 5. The molecule has 8 atom stereocenters. The molecule has 4 rings (SSSR count). The van der Waals surface area contributed by atoms with E-state index in [4.69, 9.17) is 5.11 Å². The van der Waals surface area contributed by atoms with Gasteiger partial charge in [-0.15, -0.1) is 0 Å². The lowest BCUT2D eigenvalue weighted by Crippen LogP contribution is -2.58. The van der Waals surface area contributed by atoms with E-state index in [1.165, 1.54) is 25.7 Å². The predicted molar refractivity (Wildman–Crippen MR) is 135 cm³/mol. The van der Waals surface area contributed by atoms with Crippen LogP contribution in [0.3, 0.4) is 0 Å². The normalized spacial score (nSPS) is 45.5. The maximum atomic E-state index is 11.1. The van der Waals surface area contributed by atoms with E-state index in [2.05, 4.69) is 47.6 Å². The number of carbonyl (C=O) groups is 1. The summed E-state index contributed by atoms with van der Waals surface area (Å²) in [4.78, 5) is 11.1. The highest BCUT2D eigenvalue weighted by molar-refractivity contribution is 5.85. The molecule has 2 N–H and O–H groups in total. The molecule has 0 amide bonds. The number of aliphatic hydroxyl groups is 1. The van der Waals surface area contributed by atoms with Gasteiger partial charge in [0.1, 0.15) is 0 Å². The number of aliphatic carboxylic acids is 1. The van der Waals surface area contributed by atoms with Crippen LogP contribution in [-0.2, 0) is 4.79 Å². The minimum Gasteiger partial charge on any atom is -0.478 e. The van der Waals surface area contributed by atoms with Crippen LogP contribution in [-0.4, -0.2) is 22.3 Å². The van der Waals surface area contributed by atoms with Gasteiger partial charge in [-0.1, -0.05) is 59.3 Å². The lowest BCUT2D eigenvalue weighted by atomic mass is 9.41. The average Bonchev–Trinajstić information content (AvgIpc) is 3.02. The van der Waals surface area contributed by atoms with Crippen molar-refractivity contribution in [2.24, 2.45) is 45.3 Å². The fourth-order valence-corrected chi connectivity index (χ4v) is 9.50. The molecule has 0 spiro atoms. The van der Waals surface area contributed by atoms with E-state index in [0.717, 1.165) is 32.1 Å². The Morgan fingerprint density at radius 3 is 2.48 bits per heavy atom. The van der Waals surface area contributed by atoms with E-state index < -0.39 is 5.97 Å². The van der Waals surface area contributed by atoms with Crippen molar-refractivity contribution in [3.8, 4) is 0 Å². The third-order valence-electron chi connectivity index (χ3n) is 12.0. The Bertz CT molecular complexity index is 853. The largest absolute Gasteiger partial charge is 0.478 e. The van der Waals surface area contributed by atoms with Gasteiger partial charge >= 0.3 is 5.97 Å². The molecule has 0 bridgehead atoms. The van der Waals surface area contributed by atoms with Gasteiger partial charge in [0.25, 0.3) is 0 Å². The molecule has 0 aromatic rings. The lowest BCUT2D eigenvalue weighted by molar-refractivity contribution is -0.132. The van der Waals surface area contributed by atoms with Crippen molar-refractivity contribution in [2.75, 3.05) is 0 Å². The smallest absolute Gasteiger partial charge is 0.330 e. The zero-order chi connectivity index (χ0) is 24.4. The van der Waals surface area contributed by atoms with Crippen molar-refractivity contribution in [1.82, 2.24) is 0 Å². The van der Waals surface area contributed by atoms with Crippen LogP contribution in [0.5, 0.6) is 0 Å². The number of carboxylic acids is 1. The second-order valence-corrected chi connectivity index (χ2v) is 13.6. The number of hydrogen-bond acceptors (Lipinski definition) is 2. The fourth-order valence-electron chi connectivity index (χ4n) is 9.50. The molecular weight excluding hydrogens is 408 g/mol. The monoisotopic (exact) mass is 456 g/mol. The first-order valence-electron chi connectivity index (χ1n) is 13.6. The fraction of sp³-hybridized carbons (Fsp3) is 0.833. The highest BCUT2D eigenvalue weighted by Gasteiger charge is 2.65. The summed E-state index contributed by atoms with van der Waals surface area (Å²) in [5, 5.41) is 20.0. The van der Waals surface area contributed by atoms with Crippen molar-refractivity contribution in [3.05, 3.63) is 23.3 Å². The van der Waals surface area contributed by atoms with E-state index in [1.807, 2.05) is 6.08 Å². The summed E-state index contributed by atoms with van der Waals surface area (Å²) in [5.74, 6) is 1.75. The zero-order valence-electron chi connectivity index (χ0n) is 22.2. The molecule has 0 aromatic carbocycles. The summed E-state index contributed by atoms with van der Waals surface area (Å²) in [5.41, 5.74) is 3.13. The van der Waals surface area contributed by atoms with E-state index in [1.54, 1.807) is 12.5 Å². The molecule has 186 valence electrons. The van der Waals surface area contributed by atoms with Crippen LogP contribution in [0, 0.1) is 45.3 Å². The summed E-state index contributed by atoms with van der Waals surface area (Å²) < 4.78 is 0. The second-order valence-electron chi connectivity index (χ2n) is 13.6. The van der Waals surface area contributed by atoms with Gasteiger partial charge < -0.3 is 10.2 Å². The molecule has 0 radical (unpaired) electrons. The van der Waals surface area contributed by atoms with Crippen LogP contribution in [0.4, 0.5) is 0 Å². The molecule has 0 saturated heterocycles. The summed E-state index contributed by atoms with van der Waals surface area (Å²) in [6.45, 7) is 16.5. The SMILES string of the molecule is C/C(=C/CC[C@H](C)[C@@H]1CC[C@]2(C)C3=CC[C@H]4C(C)(C)[C@@H](O)CC[C@]4(C)[C@H]3CC[C@@]12C)C(=O)O. The van der Waals surface area contributed by atoms with E-state index in [0.29, 0.717) is 40.1 Å². The zero-order valence-corrected chi connectivity index (χ0v) is 22.2. The van der Waals surface area contributed by atoms with E-state index in [-0.39, 0.29) is 16.9 Å². The minimum atomic E-state index is -0.796. The third kappa shape index (κ3) is 3.58. The molecule has 0 aromatic heterocycles. The number of carboxylic acid groups (broad SMARTS) is 1. The molecule has 3 nitrogen and oxygen atoms in total. The van der Waals surface area contributed by atoms with Crippen molar-refractivity contribution in [3.63, 3.8) is 0 Å². The van der Waals surface area contributed by atoms with Gasteiger partial charge in [0.15, 0.2) is 0 Å². The first kappa shape index (κ1) is 25.0. The number of allylic oxidation sites excluding steroid dienone is 3. The first-order chi connectivity index (χ1) is 15.3. The Kier molecular flexibility index (Phi) is 6.25. The summed E-state index contributed by atoms with van der Waals surface area (Å²) >= 11 is 0. The molecule has 33 heavy (non-hydrogen) atoms. The predicted octanol–water partition coefficient (Wildman–Crippen LogP) is 7.40. The van der Waals surface area contributed by atoms with Crippen LogP contribution >= 0.6 is 0 Å². The average molecular weight is 457 g/mol. The topological polar surface area (TPSA) is 57.5 Å².